The van der Waals surface area contributed by atoms with Crippen molar-refractivity contribution in [3.8, 4) is 0 Å². The standard InChI is InChI=1S/C16H31O2S/c1-3-5-6-7-8-9-10-11-12-13-14-18-16(17)15(19)4-2/h15H,3-14H2,1-2H3. The van der Waals surface area contributed by atoms with Crippen molar-refractivity contribution in [2.45, 2.75) is 89.7 Å². The van der Waals surface area contributed by atoms with Gasteiger partial charge in [0.25, 0.3) is 0 Å². The van der Waals surface area contributed by atoms with Crippen molar-refractivity contribution in [1.82, 2.24) is 0 Å². The molecular weight excluding hydrogens is 256 g/mol. The molecule has 0 aliphatic carbocycles. The van der Waals surface area contributed by atoms with Crippen LogP contribution in [-0.2, 0) is 9.53 Å². The molecule has 0 heterocycles. The third-order valence-electron chi connectivity index (χ3n) is 3.38. The molecule has 3 heteroatoms. The monoisotopic (exact) mass is 287 g/mol. The first-order valence-electron chi connectivity index (χ1n) is 8.04. The van der Waals surface area contributed by atoms with Crippen LogP contribution in [-0.4, -0.2) is 17.8 Å². The van der Waals surface area contributed by atoms with Gasteiger partial charge in [0, 0.05) is 0 Å². The Bertz CT molecular complexity index is 207. The molecule has 0 aliphatic rings. The van der Waals surface area contributed by atoms with Crippen molar-refractivity contribution < 1.29 is 9.53 Å². The highest BCUT2D eigenvalue weighted by Gasteiger charge is 2.12. The maximum Gasteiger partial charge on any atom is 0.319 e. The van der Waals surface area contributed by atoms with E-state index in [-0.39, 0.29) is 11.2 Å². The zero-order chi connectivity index (χ0) is 14.3. The highest BCUT2D eigenvalue weighted by Crippen LogP contribution is 2.11. The van der Waals surface area contributed by atoms with Crippen molar-refractivity contribution in [3.63, 3.8) is 0 Å². The molecule has 0 aromatic heterocycles. The molecule has 19 heavy (non-hydrogen) atoms. The van der Waals surface area contributed by atoms with Crippen molar-refractivity contribution in [3.05, 3.63) is 0 Å². The second-order valence-corrected chi connectivity index (χ2v) is 5.82. The van der Waals surface area contributed by atoms with Gasteiger partial charge >= 0.3 is 5.97 Å². The fraction of sp³-hybridized carbons (Fsp3) is 0.938. The molecule has 1 unspecified atom stereocenters. The van der Waals surface area contributed by atoms with Gasteiger partial charge in [-0.25, -0.2) is 0 Å². The van der Waals surface area contributed by atoms with Gasteiger partial charge in [0.05, 0.1) is 6.61 Å². The summed E-state index contributed by atoms with van der Waals surface area (Å²) in [7, 11) is 0. The molecule has 0 saturated carbocycles. The maximum absolute atomic E-state index is 11.3. The van der Waals surface area contributed by atoms with Gasteiger partial charge in [-0.3, -0.25) is 4.79 Å². The number of carbonyl (C=O) groups is 1. The summed E-state index contributed by atoms with van der Waals surface area (Å²) >= 11 is 4.97. The van der Waals surface area contributed by atoms with Gasteiger partial charge in [0.2, 0.25) is 0 Å². The first-order chi connectivity index (χ1) is 9.22. The molecule has 1 atom stereocenters. The lowest BCUT2D eigenvalue weighted by molar-refractivity contribution is -0.143. The molecule has 0 rings (SSSR count). The molecule has 0 fully saturated rings. The predicted octanol–water partition coefficient (Wildman–Crippen LogP) is 5.43. The van der Waals surface area contributed by atoms with E-state index < -0.39 is 0 Å². The van der Waals surface area contributed by atoms with Crippen molar-refractivity contribution in [2.75, 3.05) is 6.61 Å². The minimum atomic E-state index is -0.358. The molecular formula is C16H31O2S. The number of ether oxygens (including phenoxy) is 1. The quantitative estimate of drug-likeness (QED) is 0.333. The zero-order valence-electron chi connectivity index (χ0n) is 12.8. The number of esters is 1. The van der Waals surface area contributed by atoms with Crippen molar-refractivity contribution in [1.29, 1.82) is 0 Å². The first-order valence-corrected chi connectivity index (χ1v) is 8.52. The minimum absolute atomic E-state index is 0.214. The van der Waals surface area contributed by atoms with Crippen LogP contribution in [0.25, 0.3) is 0 Å². The van der Waals surface area contributed by atoms with Crippen LogP contribution in [0, 0.1) is 0 Å². The predicted molar refractivity (Wildman–Crippen MR) is 84.5 cm³/mol. The second kappa shape index (κ2) is 14.2. The van der Waals surface area contributed by atoms with E-state index in [1.807, 2.05) is 6.92 Å². The average Bonchev–Trinajstić information content (AvgIpc) is 2.43. The van der Waals surface area contributed by atoms with Gasteiger partial charge in [0.1, 0.15) is 5.25 Å². The van der Waals surface area contributed by atoms with Gasteiger partial charge in [-0.05, 0) is 12.8 Å². The summed E-state index contributed by atoms with van der Waals surface area (Å²) in [6, 6.07) is 0. The van der Waals surface area contributed by atoms with Crippen molar-refractivity contribution >= 4 is 18.6 Å². The van der Waals surface area contributed by atoms with Crippen LogP contribution in [0.2, 0.25) is 0 Å². The third kappa shape index (κ3) is 12.6. The van der Waals surface area contributed by atoms with E-state index in [2.05, 4.69) is 6.92 Å². The van der Waals surface area contributed by atoms with E-state index in [0.29, 0.717) is 13.0 Å². The second-order valence-electron chi connectivity index (χ2n) is 5.25. The van der Waals surface area contributed by atoms with Gasteiger partial charge in [-0.15, -0.1) is 0 Å². The van der Waals surface area contributed by atoms with E-state index in [9.17, 15) is 4.79 Å². The van der Waals surface area contributed by atoms with Gasteiger partial charge < -0.3 is 4.74 Å². The van der Waals surface area contributed by atoms with Gasteiger partial charge in [-0.1, -0.05) is 84.3 Å². The van der Waals surface area contributed by atoms with E-state index in [0.717, 1.165) is 12.8 Å². The summed E-state index contributed by atoms with van der Waals surface area (Å²) in [6.07, 6.45) is 13.6. The normalized spacial score (nSPS) is 12.4. The Labute approximate surface area is 125 Å². The topological polar surface area (TPSA) is 26.3 Å². The summed E-state index contributed by atoms with van der Waals surface area (Å²) in [5.74, 6) is -0.214. The Morgan fingerprint density at radius 1 is 0.895 bits per heavy atom. The lowest BCUT2D eigenvalue weighted by Crippen LogP contribution is -2.17. The molecule has 2 nitrogen and oxygen atoms in total. The fourth-order valence-corrected chi connectivity index (χ4v) is 2.09. The lowest BCUT2D eigenvalue weighted by atomic mass is 10.1. The van der Waals surface area contributed by atoms with Crippen LogP contribution in [0.1, 0.15) is 84.5 Å². The molecule has 0 bridgehead atoms. The summed E-state index contributed by atoms with van der Waals surface area (Å²) in [6.45, 7) is 4.71. The molecule has 0 aromatic rings. The molecule has 113 valence electrons. The molecule has 0 aliphatic heterocycles. The Morgan fingerprint density at radius 3 is 1.84 bits per heavy atom. The first kappa shape index (κ1) is 18.8. The SMILES string of the molecule is CCCCCCCCCCCCOC(=O)C([S])CC. The number of unbranched alkanes of at least 4 members (excludes halogenated alkanes) is 9. The molecule has 0 spiro atoms. The third-order valence-corrected chi connectivity index (χ3v) is 3.90. The fourth-order valence-electron chi connectivity index (χ4n) is 2.02. The average molecular weight is 287 g/mol. The lowest BCUT2D eigenvalue weighted by Gasteiger charge is -2.07. The number of hydrogen-bond donors (Lipinski definition) is 0. The Morgan fingerprint density at radius 2 is 1.37 bits per heavy atom. The van der Waals surface area contributed by atoms with E-state index in [1.165, 1.54) is 51.4 Å². The Hall–Kier alpha value is -0.180. The van der Waals surface area contributed by atoms with Crippen LogP contribution >= 0.6 is 12.6 Å². The molecule has 0 aromatic carbocycles. The molecule has 1 radical (unpaired) electrons. The van der Waals surface area contributed by atoms with Crippen LogP contribution < -0.4 is 0 Å². The maximum atomic E-state index is 11.3. The number of rotatable bonds is 13. The highest BCUT2D eigenvalue weighted by molar-refractivity contribution is 7.81. The zero-order valence-corrected chi connectivity index (χ0v) is 13.6. The molecule has 0 N–H and O–H groups in total. The van der Waals surface area contributed by atoms with Crippen molar-refractivity contribution in [2.24, 2.45) is 0 Å². The summed E-state index contributed by atoms with van der Waals surface area (Å²) in [5, 5.41) is -0.358. The van der Waals surface area contributed by atoms with E-state index >= 15 is 0 Å². The smallest absolute Gasteiger partial charge is 0.319 e. The number of carbonyl (C=O) groups excluding carboxylic acids is 1. The summed E-state index contributed by atoms with van der Waals surface area (Å²) in [4.78, 5) is 11.3. The van der Waals surface area contributed by atoms with Crippen LogP contribution in [0.3, 0.4) is 0 Å². The van der Waals surface area contributed by atoms with Gasteiger partial charge in [0.15, 0.2) is 0 Å². The molecule has 0 saturated heterocycles. The van der Waals surface area contributed by atoms with Gasteiger partial charge in [-0.2, -0.15) is 0 Å². The number of hydrogen-bond acceptors (Lipinski definition) is 2. The van der Waals surface area contributed by atoms with E-state index in [4.69, 9.17) is 17.4 Å². The largest absolute Gasteiger partial charge is 0.465 e. The molecule has 0 amide bonds. The highest BCUT2D eigenvalue weighted by atomic mass is 32.1. The minimum Gasteiger partial charge on any atom is -0.465 e. The van der Waals surface area contributed by atoms with Crippen LogP contribution in [0.5, 0.6) is 0 Å². The Kier molecular flexibility index (Phi) is 14.1. The van der Waals surface area contributed by atoms with Crippen LogP contribution in [0.15, 0.2) is 0 Å². The Balaban J connectivity index is 3.13. The van der Waals surface area contributed by atoms with E-state index in [1.54, 1.807) is 0 Å². The van der Waals surface area contributed by atoms with Crippen LogP contribution in [0.4, 0.5) is 0 Å². The summed E-state index contributed by atoms with van der Waals surface area (Å²) in [5.41, 5.74) is 0. The summed E-state index contributed by atoms with van der Waals surface area (Å²) < 4.78 is 5.12.